The van der Waals surface area contributed by atoms with E-state index in [1.165, 1.54) is 12.7 Å². The van der Waals surface area contributed by atoms with E-state index in [1.54, 1.807) is 12.1 Å². The molecule has 0 aliphatic heterocycles. The number of carbonyl (C=O) groups is 1. The minimum Gasteiger partial charge on any atom is -0.465 e. The van der Waals surface area contributed by atoms with E-state index in [1.807, 2.05) is 12.1 Å². The molecule has 18 heavy (non-hydrogen) atoms. The van der Waals surface area contributed by atoms with Gasteiger partial charge in [-0.3, -0.25) is 0 Å². The van der Waals surface area contributed by atoms with Crippen LogP contribution in [0.4, 0.5) is 0 Å². The summed E-state index contributed by atoms with van der Waals surface area (Å²) in [5, 5.41) is 3.32. The lowest BCUT2D eigenvalue weighted by atomic mass is 10.1. The Hall–Kier alpha value is -1.61. The van der Waals surface area contributed by atoms with Crippen molar-refractivity contribution in [2.45, 2.75) is 20.3 Å². The minimum absolute atomic E-state index is 0.297. The molecule has 0 unspecified atom stereocenters. The molecular formula is C15H21NO2. The fourth-order valence-electron chi connectivity index (χ4n) is 1.63. The molecule has 0 heterocycles. The fourth-order valence-corrected chi connectivity index (χ4v) is 1.63. The summed E-state index contributed by atoms with van der Waals surface area (Å²) in [6, 6.07) is 7.46. The van der Waals surface area contributed by atoms with E-state index < -0.39 is 0 Å². The van der Waals surface area contributed by atoms with E-state index in [0.29, 0.717) is 5.56 Å². The maximum Gasteiger partial charge on any atom is 0.337 e. The monoisotopic (exact) mass is 247 g/mol. The lowest BCUT2D eigenvalue weighted by molar-refractivity contribution is 0.0601. The summed E-state index contributed by atoms with van der Waals surface area (Å²) in [6.45, 7) is 6.12. The first-order valence-corrected chi connectivity index (χ1v) is 6.29. The molecule has 0 fully saturated rings. The van der Waals surface area contributed by atoms with Crippen molar-refractivity contribution >= 4 is 12.0 Å². The van der Waals surface area contributed by atoms with Crippen LogP contribution in [0.15, 0.2) is 29.8 Å². The van der Waals surface area contributed by atoms with Gasteiger partial charge in [-0.1, -0.05) is 37.6 Å². The average molecular weight is 247 g/mol. The van der Waals surface area contributed by atoms with Gasteiger partial charge in [0.05, 0.1) is 12.7 Å². The summed E-state index contributed by atoms with van der Waals surface area (Å²) in [5.41, 5.74) is 3.04. The van der Waals surface area contributed by atoms with Gasteiger partial charge in [0.1, 0.15) is 0 Å². The zero-order valence-electron chi connectivity index (χ0n) is 11.3. The van der Waals surface area contributed by atoms with Crippen LogP contribution in [0.25, 0.3) is 6.08 Å². The van der Waals surface area contributed by atoms with Crippen LogP contribution in [0.3, 0.4) is 0 Å². The van der Waals surface area contributed by atoms with Crippen molar-refractivity contribution in [3.63, 3.8) is 0 Å². The number of ether oxygens (including phenoxy) is 1. The Bertz CT molecular complexity index is 407. The Morgan fingerprint density at radius 1 is 1.28 bits per heavy atom. The summed E-state index contributed by atoms with van der Waals surface area (Å²) in [6.07, 6.45) is 3.18. The number of nitrogens with one attached hydrogen (secondary N) is 1. The molecule has 1 N–H and O–H groups in total. The standard InChI is InChI=1S/C15H21NO2/c1-4-12(11-16-5-2)10-13-6-8-14(9-7-13)15(17)18-3/h6-10,16H,4-5,11H2,1-3H3. The third-order valence-electron chi connectivity index (χ3n) is 2.76. The molecule has 0 saturated carbocycles. The molecule has 0 aliphatic carbocycles. The predicted molar refractivity (Wildman–Crippen MR) is 74.6 cm³/mol. The predicted octanol–water partition coefficient (Wildman–Crippen LogP) is 2.88. The fraction of sp³-hybridized carbons (Fsp3) is 0.400. The second kappa shape index (κ2) is 7.67. The molecule has 0 aliphatic rings. The third-order valence-corrected chi connectivity index (χ3v) is 2.76. The number of methoxy groups -OCH3 is 1. The summed E-state index contributed by atoms with van der Waals surface area (Å²) in [5.74, 6) is -0.297. The average Bonchev–Trinajstić information content (AvgIpc) is 2.43. The Morgan fingerprint density at radius 2 is 1.94 bits per heavy atom. The highest BCUT2D eigenvalue weighted by atomic mass is 16.5. The van der Waals surface area contributed by atoms with Gasteiger partial charge in [-0.25, -0.2) is 4.79 Å². The molecule has 0 spiro atoms. The topological polar surface area (TPSA) is 38.3 Å². The molecule has 0 aromatic heterocycles. The van der Waals surface area contributed by atoms with Crippen molar-refractivity contribution in [1.82, 2.24) is 5.32 Å². The molecule has 1 rings (SSSR count). The number of carbonyl (C=O) groups excluding carboxylic acids is 1. The van der Waals surface area contributed by atoms with Crippen molar-refractivity contribution in [3.8, 4) is 0 Å². The normalized spacial score (nSPS) is 11.4. The quantitative estimate of drug-likeness (QED) is 0.785. The van der Waals surface area contributed by atoms with E-state index >= 15 is 0 Å². The van der Waals surface area contributed by atoms with Crippen LogP contribution in [0.5, 0.6) is 0 Å². The Morgan fingerprint density at radius 3 is 2.44 bits per heavy atom. The van der Waals surface area contributed by atoms with Gasteiger partial charge in [-0.05, 0) is 30.7 Å². The number of likely N-dealkylation sites (N-methyl/N-ethyl adjacent to an activating group) is 1. The smallest absolute Gasteiger partial charge is 0.337 e. The van der Waals surface area contributed by atoms with Crippen LogP contribution in [0.2, 0.25) is 0 Å². The Kier molecular flexibility index (Phi) is 6.15. The highest BCUT2D eigenvalue weighted by Crippen LogP contribution is 2.11. The van der Waals surface area contributed by atoms with E-state index in [2.05, 4.69) is 30.0 Å². The molecule has 3 nitrogen and oxygen atoms in total. The van der Waals surface area contributed by atoms with Gasteiger partial charge in [0, 0.05) is 6.54 Å². The van der Waals surface area contributed by atoms with E-state index in [9.17, 15) is 4.79 Å². The van der Waals surface area contributed by atoms with Crippen molar-refractivity contribution in [2.75, 3.05) is 20.2 Å². The van der Waals surface area contributed by atoms with Gasteiger partial charge in [0.15, 0.2) is 0 Å². The maximum atomic E-state index is 11.3. The number of rotatable bonds is 6. The van der Waals surface area contributed by atoms with Gasteiger partial charge in [-0.2, -0.15) is 0 Å². The van der Waals surface area contributed by atoms with Crippen molar-refractivity contribution in [3.05, 3.63) is 41.0 Å². The van der Waals surface area contributed by atoms with Crippen LogP contribution in [-0.2, 0) is 4.74 Å². The van der Waals surface area contributed by atoms with Crippen LogP contribution < -0.4 is 5.32 Å². The number of hydrogen-bond acceptors (Lipinski definition) is 3. The maximum absolute atomic E-state index is 11.3. The van der Waals surface area contributed by atoms with Crippen LogP contribution >= 0.6 is 0 Å². The van der Waals surface area contributed by atoms with Crippen LogP contribution in [0, 0.1) is 0 Å². The highest BCUT2D eigenvalue weighted by molar-refractivity contribution is 5.89. The summed E-state index contributed by atoms with van der Waals surface area (Å²) in [7, 11) is 1.39. The molecule has 0 radical (unpaired) electrons. The lowest BCUT2D eigenvalue weighted by Crippen LogP contribution is -2.15. The zero-order chi connectivity index (χ0) is 13.4. The number of esters is 1. The number of hydrogen-bond donors (Lipinski definition) is 1. The molecule has 3 heteroatoms. The van der Waals surface area contributed by atoms with E-state index in [0.717, 1.165) is 25.1 Å². The van der Waals surface area contributed by atoms with E-state index in [4.69, 9.17) is 0 Å². The molecular weight excluding hydrogens is 226 g/mol. The second-order valence-corrected chi connectivity index (χ2v) is 4.05. The molecule has 98 valence electrons. The Labute approximate surface area is 109 Å². The van der Waals surface area contributed by atoms with Gasteiger partial charge in [0.25, 0.3) is 0 Å². The first-order valence-electron chi connectivity index (χ1n) is 6.29. The van der Waals surface area contributed by atoms with Gasteiger partial charge >= 0.3 is 5.97 Å². The highest BCUT2D eigenvalue weighted by Gasteiger charge is 2.03. The third kappa shape index (κ3) is 4.34. The van der Waals surface area contributed by atoms with Gasteiger partial charge in [-0.15, -0.1) is 0 Å². The number of benzene rings is 1. The molecule has 0 bridgehead atoms. The van der Waals surface area contributed by atoms with Crippen molar-refractivity contribution in [1.29, 1.82) is 0 Å². The van der Waals surface area contributed by atoms with Crippen molar-refractivity contribution in [2.24, 2.45) is 0 Å². The molecule has 0 atom stereocenters. The molecule has 0 amide bonds. The Balaban J connectivity index is 2.77. The molecule has 0 saturated heterocycles. The summed E-state index contributed by atoms with van der Waals surface area (Å²) >= 11 is 0. The largest absolute Gasteiger partial charge is 0.465 e. The summed E-state index contributed by atoms with van der Waals surface area (Å²) < 4.78 is 4.67. The zero-order valence-corrected chi connectivity index (χ0v) is 11.3. The molecule has 1 aromatic carbocycles. The lowest BCUT2D eigenvalue weighted by Gasteiger charge is -2.06. The SMILES string of the molecule is CCNCC(=Cc1ccc(C(=O)OC)cc1)CC. The minimum atomic E-state index is -0.297. The van der Waals surface area contributed by atoms with Crippen LogP contribution in [-0.4, -0.2) is 26.2 Å². The first kappa shape index (κ1) is 14.5. The second-order valence-electron chi connectivity index (χ2n) is 4.05. The molecule has 1 aromatic rings. The summed E-state index contributed by atoms with van der Waals surface area (Å²) in [4.78, 5) is 11.3. The van der Waals surface area contributed by atoms with Gasteiger partial charge in [0.2, 0.25) is 0 Å². The van der Waals surface area contributed by atoms with Crippen molar-refractivity contribution < 1.29 is 9.53 Å². The first-order chi connectivity index (χ1) is 8.71. The van der Waals surface area contributed by atoms with Crippen LogP contribution in [0.1, 0.15) is 36.2 Å². The van der Waals surface area contributed by atoms with E-state index in [-0.39, 0.29) is 5.97 Å². The van der Waals surface area contributed by atoms with Gasteiger partial charge < -0.3 is 10.1 Å².